The molecule has 2 saturated heterocycles. The highest BCUT2D eigenvalue weighted by molar-refractivity contribution is 6.35. The molecule has 32 heavy (non-hydrogen) atoms. The summed E-state index contributed by atoms with van der Waals surface area (Å²) in [6, 6.07) is 12.9. The van der Waals surface area contributed by atoms with Crippen molar-refractivity contribution in [3.05, 3.63) is 63.6 Å². The molecule has 2 N–H and O–H groups in total. The molecular weight excluding hydrogens is 453 g/mol. The lowest BCUT2D eigenvalue weighted by atomic mass is 9.80. The Morgan fingerprint density at radius 3 is 2.38 bits per heavy atom. The van der Waals surface area contributed by atoms with Crippen molar-refractivity contribution >= 4 is 46.7 Å². The number of nitriles is 1. The molecule has 0 radical (unpaired) electrons. The van der Waals surface area contributed by atoms with Crippen LogP contribution in [0.15, 0.2) is 42.5 Å². The van der Waals surface area contributed by atoms with Crippen LogP contribution < -0.4 is 10.6 Å². The molecule has 0 aromatic heterocycles. The topological polar surface area (TPSA) is 111 Å². The molecule has 2 heterocycles. The van der Waals surface area contributed by atoms with E-state index in [2.05, 4.69) is 6.07 Å². The summed E-state index contributed by atoms with van der Waals surface area (Å²) in [5.74, 6) is -1.42. The number of primary amides is 1. The molecular formula is C22H19Cl2N5O3. The maximum atomic E-state index is 13.9. The van der Waals surface area contributed by atoms with E-state index in [1.54, 1.807) is 36.2 Å². The molecule has 10 heteroatoms. The minimum Gasteiger partial charge on any atom is -0.369 e. The zero-order valence-corrected chi connectivity index (χ0v) is 18.6. The van der Waals surface area contributed by atoms with Crippen LogP contribution in [0.5, 0.6) is 0 Å². The summed E-state index contributed by atoms with van der Waals surface area (Å²) in [6.07, 6.45) is 0. The summed E-state index contributed by atoms with van der Waals surface area (Å²) in [5, 5.41) is 9.71. The number of urea groups is 1. The van der Waals surface area contributed by atoms with Crippen LogP contribution in [0.1, 0.15) is 17.0 Å². The summed E-state index contributed by atoms with van der Waals surface area (Å²) >= 11 is 12.2. The first-order valence-corrected chi connectivity index (χ1v) is 10.5. The molecule has 1 spiro atoms. The highest BCUT2D eigenvalue weighted by atomic mass is 35.5. The molecule has 164 valence electrons. The van der Waals surface area contributed by atoms with E-state index in [9.17, 15) is 14.4 Å². The molecule has 2 aromatic carbocycles. The number of hydrogen-bond acceptors (Lipinski definition) is 5. The van der Waals surface area contributed by atoms with E-state index < -0.39 is 29.3 Å². The van der Waals surface area contributed by atoms with Crippen molar-refractivity contribution < 1.29 is 14.4 Å². The molecule has 2 aliphatic heterocycles. The number of carbonyl (C=O) groups is 3. The van der Waals surface area contributed by atoms with E-state index in [0.717, 1.165) is 10.5 Å². The van der Waals surface area contributed by atoms with Crippen LogP contribution in [-0.2, 0) is 9.59 Å². The number of benzene rings is 2. The van der Waals surface area contributed by atoms with Gasteiger partial charge in [-0.2, -0.15) is 5.26 Å². The zero-order chi connectivity index (χ0) is 23.2. The third-order valence-electron chi connectivity index (χ3n) is 6.06. The molecule has 0 bridgehead atoms. The highest BCUT2D eigenvalue weighted by Gasteiger charge is 2.64. The van der Waals surface area contributed by atoms with Gasteiger partial charge in [0.25, 0.3) is 5.91 Å². The molecule has 4 rings (SSSR count). The van der Waals surface area contributed by atoms with Crippen molar-refractivity contribution in [3.8, 4) is 6.07 Å². The van der Waals surface area contributed by atoms with Gasteiger partial charge in [-0.3, -0.25) is 14.5 Å². The number of nitrogens with two attached hydrogens (primary N) is 1. The second-order valence-corrected chi connectivity index (χ2v) is 8.83. The Balaban J connectivity index is 1.82. The zero-order valence-electron chi connectivity index (χ0n) is 17.1. The van der Waals surface area contributed by atoms with E-state index in [0.29, 0.717) is 22.2 Å². The Labute approximate surface area is 194 Å². The van der Waals surface area contributed by atoms with Crippen LogP contribution in [0.3, 0.4) is 0 Å². The number of likely N-dealkylation sites (tertiary alicyclic amines) is 1. The first-order chi connectivity index (χ1) is 15.2. The fraction of sp³-hybridized carbons (Fsp3) is 0.273. The molecule has 2 aliphatic rings. The lowest BCUT2D eigenvalue weighted by Crippen LogP contribution is -2.54. The highest BCUT2D eigenvalue weighted by Crippen LogP contribution is 2.46. The van der Waals surface area contributed by atoms with Gasteiger partial charge < -0.3 is 10.6 Å². The van der Waals surface area contributed by atoms with E-state index in [1.807, 2.05) is 0 Å². The van der Waals surface area contributed by atoms with Crippen molar-refractivity contribution in [2.24, 2.45) is 5.73 Å². The standard InChI is InChI=1S/C22H19Cl2N5O3/c1-27-21(32)29(17-7-15(23)6-16(24)8-17)20(31)22(27)12-28(11-19(26)30)10-18(22)14-4-2-13(9-25)3-5-14/h2-8,18H,10-12H2,1H3,(H2,26,30). The number of amides is 4. The van der Waals surface area contributed by atoms with Crippen molar-refractivity contribution in [1.29, 1.82) is 5.26 Å². The second kappa shape index (κ2) is 8.10. The predicted molar refractivity (Wildman–Crippen MR) is 119 cm³/mol. The summed E-state index contributed by atoms with van der Waals surface area (Å²) < 4.78 is 0. The minimum atomic E-state index is -1.27. The van der Waals surface area contributed by atoms with E-state index in [-0.39, 0.29) is 18.8 Å². The number of rotatable bonds is 4. The first kappa shape index (κ1) is 22.1. The molecule has 4 amide bonds. The molecule has 2 aromatic rings. The van der Waals surface area contributed by atoms with Crippen LogP contribution in [0.4, 0.5) is 10.5 Å². The third kappa shape index (κ3) is 3.48. The van der Waals surface area contributed by atoms with Gasteiger partial charge in [0.2, 0.25) is 5.91 Å². The fourth-order valence-electron chi connectivity index (χ4n) is 4.63. The van der Waals surface area contributed by atoms with Crippen LogP contribution in [0.25, 0.3) is 0 Å². The summed E-state index contributed by atoms with van der Waals surface area (Å²) in [5.41, 5.74) is 5.66. The minimum absolute atomic E-state index is 0.0488. The number of likely N-dealkylation sites (N-methyl/N-ethyl adjacent to an activating group) is 1. The predicted octanol–water partition coefficient (Wildman–Crippen LogP) is 2.59. The summed E-state index contributed by atoms with van der Waals surface area (Å²) in [6.45, 7) is 0.418. The van der Waals surface area contributed by atoms with Crippen molar-refractivity contribution in [2.45, 2.75) is 11.5 Å². The molecule has 2 atom stereocenters. The molecule has 0 saturated carbocycles. The summed E-state index contributed by atoms with van der Waals surface area (Å²) in [4.78, 5) is 43.1. The summed E-state index contributed by atoms with van der Waals surface area (Å²) in [7, 11) is 1.57. The van der Waals surface area contributed by atoms with Gasteiger partial charge in [-0.25, -0.2) is 9.69 Å². The first-order valence-electron chi connectivity index (χ1n) is 9.76. The number of imide groups is 1. The lowest BCUT2D eigenvalue weighted by molar-refractivity contribution is -0.125. The quantitative estimate of drug-likeness (QED) is 0.688. The maximum Gasteiger partial charge on any atom is 0.332 e. The van der Waals surface area contributed by atoms with Crippen molar-refractivity contribution in [2.75, 3.05) is 31.6 Å². The van der Waals surface area contributed by atoms with Gasteiger partial charge in [-0.1, -0.05) is 35.3 Å². The number of anilines is 1. The molecule has 8 nitrogen and oxygen atoms in total. The van der Waals surface area contributed by atoms with Gasteiger partial charge in [-0.05, 0) is 35.9 Å². The average Bonchev–Trinajstić information content (AvgIpc) is 3.19. The van der Waals surface area contributed by atoms with Crippen LogP contribution in [0.2, 0.25) is 10.0 Å². The number of halogens is 2. The normalized spacial score (nSPS) is 23.2. The number of carbonyl (C=O) groups excluding carboxylic acids is 3. The molecule has 0 aliphatic carbocycles. The van der Waals surface area contributed by atoms with Gasteiger partial charge >= 0.3 is 6.03 Å². The largest absolute Gasteiger partial charge is 0.369 e. The van der Waals surface area contributed by atoms with Crippen LogP contribution in [-0.4, -0.2) is 59.9 Å². The van der Waals surface area contributed by atoms with Gasteiger partial charge in [0.1, 0.15) is 5.54 Å². The van der Waals surface area contributed by atoms with Crippen LogP contribution in [0, 0.1) is 11.3 Å². The second-order valence-electron chi connectivity index (χ2n) is 7.96. The van der Waals surface area contributed by atoms with Crippen molar-refractivity contribution in [1.82, 2.24) is 9.80 Å². The Morgan fingerprint density at radius 1 is 1.19 bits per heavy atom. The molecule has 2 unspecified atom stereocenters. The van der Waals surface area contributed by atoms with Gasteiger partial charge in [0, 0.05) is 36.1 Å². The Hall–Kier alpha value is -3.12. The lowest BCUT2D eigenvalue weighted by Gasteiger charge is -2.34. The maximum absolute atomic E-state index is 13.9. The Bertz CT molecular complexity index is 1140. The smallest absolute Gasteiger partial charge is 0.332 e. The Kier molecular flexibility index (Phi) is 5.59. The van der Waals surface area contributed by atoms with E-state index in [4.69, 9.17) is 34.2 Å². The fourth-order valence-corrected chi connectivity index (χ4v) is 5.15. The average molecular weight is 472 g/mol. The molecule has 2 fully saturated rings. The Morgan fingerprint density at radius 2 is 1.81 bits per heavy atom. The third-order valence-corrected chi connectivity index (χ3v) is 6.50. The SMILES string of the molecule is CN1C(=O)N(c2cc(Cl)cc(Cl)c2)C(=O)C12CN(CC(N)=O)CC2c1ccc(C#N)cc1. The van der Waals surface area contributed by atoms with E-state index >= 15 is 0 Å². The van der Waals surface area contributed by atoms with Gasteiger partial charge in [0.15, 0.2) is 0 Å². The van der Waals surface area contributed by atoms with Gasteiger partial charge in [0.05, 0.1) is 23.9 Å². The van der Waals surface area contributed by atoms with E-state index in [1.165, 1.54) is 23.1 Å². The van der Waals surface area contributed by atoms with Crippen LogP contribution >= 0.6 is 23.2 Å². The number of nitrogens with zero attached hydrogens (tertiary/aromatic N) is 4. The number of hydrogen-bond donors (Lipinski definition) is 1. The van der Waals surface area contributed by atoms with Gasteiger partial charge in [-0.15, -0.1) is 0 Å². The van der Waals surface area contributed by atoms with Crippen molar-refractivity contribution in [3.63, 3.8) is 0 Å². The monoisotopic (exact) mass is 471 g/mol.